The molecule has 1 fully saturated rings. The summed E-state index contributed by atoms with van der Waals surface area (Å²) in [6, 6.07) is 9.94. The smallest absolute Gasteiger partial charge is 0.314 e. The first-order chi connectivity index (χ1) is 14.9. The van der Waals surface area contributed by atoms with E-state index in [-0.39, 0.29) is 23.6 Å². The molecule has 0 bridgehead atoms. The third kappa shape index (κ3) is 4.63. The summed E-state index contributed by atoms with van der Waals surface area (Å²) in [6.07, 6.45) is 7.86. The summed E-state index contributed by atoms with van der Waals surface area (Å²) in [5.74, 6) is 0.149. The number of benzene rings is 1. The van der Waals surface area contributed by atoms with Gasteiger partial charge in [0.25, 0.3) is 0 Å². The van der Waals surface area contributed by atoms with Gasteiger partial charge in [0.1, 0.15) is 5.76 Å². The van der Waals surface area contributed by atoms with Crippen LogP contribution in [0.15, 0.2) is 42.3 Å². The molecule has 1 unspecified atom stereocenters. The van der Waals surface area contributed by atoms with Crippen LogP contribution >= 0.6 is 0 Å². The molecule has 2 aliphatic carbocycles. The number of ketones is 1. The number of hydrogen-bond acceptors (Lipinski definition) is 4. The highest BCUT2D eigenvalue weighted by Gasteiger charge is 2.38. The summed E-state index contributed by atoms with van der Waals surface area (Å²) < 4.78 is 6.00. The van der Waals surface area contributed by atoms with Crippen molar-refractivity contribution in [2.45, 2.75) is 65.7 Å². The molecule has 4 heteroatoms. The van der Waals surface area contributed by atoms with Gasteiger partial charge in [-0.3, -0.25) is 14.6 Å². The summed E-state index contributed by atoms with van der Waals surface area (Å²) in [6.45, 7) is 6.12. The Hall–Kier alpha value is -2.75. The molecule has 1 heterocycles. The zero-order chi connectivity index (χ0) is 22.0. The third-order valence-electron chi connectivity index (χ3n) is 6.60. The molecule has 0 spiro atoms. The van der Waals surface area contributed by atoms with E-state index in [1.54, 1.807) is 6.20 Å². The maximum Gasteiger partial charge on any atom is 0.314 e. The maximum absolute atomic E-state index is 13.6. The molecule has 1 saturated carbocycles. The zero-order valence-electron chi connectivity index (χ0n) is 18.7. The van der Waals surface area contributed by atoms with Crippen molar-refractivity contribution in [3.05, 3.63) is 70.2 Å². The lowest BCUT2D eigenvalue weighted by Gasteiger charge is -2.21. The summed E-state index contributed by atoms with van der Waals surface area (Å²) in [7, 11) is 0. The number of nitrogens with zero attached hydrogens (tertiary/aromatic N) is 1. The summed E-state index contributed by atoms with van der Waals surface area (Å²) in [5.41, 5.74) is 5.66. The molecule has 0 N–H and O–H groups in total. The Balaban J connectivity index is 1.68. The van der Waals surface area contributed by atoms with Gasteiger partial charge in [-0.15, -0.1) is 0 Å². The van der Waals surface area contributed by atoms with E-state index >= 15 is 0 Å². The van der Waals surface area contributed by atoms with E-state index in [9.17, 15) is 9.59 Å². The molecule has 4 rings (SSSR count). The van der Waals surface area contributed by atoms with Crippen molar-refractivity contribution < 1.29 is 14.3 Å². The first-order valence-corrected chi connectivity index (χ1v) is 11.4. The van der Waals surface area contributed by atoms with E-state index in [0.717, 1.165) is 53.6 Å². The number of hydrogen-bond donors (Lipinski definition) is 0. The van der Waals surface area contributed by atoms with E-state index in [2.05, 4.69) is 24.0 Å². The predicted molar refractivity (Wildman–Crippen MR) is 121 cm³/mol. The Morgan fingerprint density at radius 1 is 1.06 bits per heavy atom. The fraction of sp³-hybridized carbons (Fsp3) is 0.444. The number of ether oxygens (including phenoxy) is 1. The van der Waals surface area contributed by atoms with Crippen LogP contribution in [0.5, 0.6) is 0 Å². The van der Waals surface area contributed by atoms with Crippen LogP contribution < -0.4 is 0 Å². The number of carbonyl (C=O) groups excluding carboxylic acids is 2. The minimum Gasteiger partial charge on any atom is -0.430 e. The standard InChI is InChI=1S/C27H31NO3/c1-17-13-18(2)24(19(3)14-17)25-23(31-27(30)20-9-5-4-6-10-20)16-21(26(25)29)15-22-11-7-8-12-28-22/h7-8,11-14,20-21H,4-6,9-10,15-16H2,1-3H3. The van der Waals surface area contributed by atoms with Gasteiger partial charge < -0.3 is 4.74 Å². The zero-order valence-corrected chi connectivity index (χ0v) is 18.7. The van der Waals surface area contributed by atoms with Crippen molar-refractivity contribution in [2.75, 3.05) is 0 Å². The Kier molecular flexibility index (Phi) is 6.35. The molecule has 2 aromatic rings. The minimum atomic E-state index is -0.251. The number of aromatic nitrogens is 1. The normalized spacial score (nSPS) is 19.7. The van der Waals surface area contributed by atoms with Crippen LogP contribution in [0.4, 0.5) is 0 Å². The number of Topliss-reactive ketones (excluding diaryl/α,β-unsaturated/α-hetero) is 1. The molecule has 162 valence electrons. The van der Waals surface area contributed by atoms with Gasteiger partial charge >= 0.3 is 5.97 Å². The Morgan fingerprint density at radius 2 is 1.77 bits per heavy atom. The number of allylic oxidation sites excluding steroid dienone is 2. The highest BCUT2D eigenvalue weighted by Crippen LogP contribution is 2.40. The van der Waals surface area contributed by atoms with Gasteiger partial charge in [0.05, 0.1) is 11.5 Å². The quantitative estimate of drug-likeness (QED) is 0.588. The van der Waals surface area contributed by atoms with Crippen LogP contribution in [0.3, 0.4) is 0 Å². The molecule has 0 amide bonds. The Labute approximate surface area is 184 Å². The highest BCUT2D eigenvalue weighted by atomic mass is 16.5. The number of carbonyl (C=O) groups is 2. The average molecular weight is 418 g/mol. The predicted octanol–water partition coefficient (Wildman–Crippen LogP) is 5.67. The van der Waals surface area contributed by atoms with Crippen LogP contribution in [0.25, 0.3) is 5.57 Å². The van der Waals surface area contributed by atoms with Crippen molar-refractivity contribution in [3.63, 3.8) is 0 Å². The van der Waals surface area contributed by atoms with Crippen molar-refractivity contribution >= 4 is 17.3 Å². The fourth-order valence-corrected chi connectivity index (χ4v) is 5.17. The molecule has 0 saturated heterocycles. The van der Waals surface area contributed by atoms with Gasteiger partial charge in [0.2, 0.25) is 0 Å². The molecule has 0 radical (unpaired) electrons. The first-order valence-electron chi connectivity index (χ1n) is 11.4. The second-order valence-corrected chi connectivity index (χ2v) is 9.12. The van der Waals surface area contributed by atoms with E-state index in [0.29, 0.717) is 24.2 Å². The number of aryl methyl sites for hydroxylation is 3. The van der Waals surface area contributed by atoms with Crippen LogP contribution in [0, 0.1) is 32.6 Å². The van der Waals surface area contributed by atoms with Crippen molar-refractivity contribution in [1.82, 2.24) is 4.98 Å². The van der Waals surface area contributed by atoms with Crippen LogP contribution in [-0.2, 0) is 20.7 Å². The molecule has 1 aromatic carbocycles. The van der Waals surface area contributed by atoms with Crippen LogP contribution in [0.1, 0.15) is 66.5 Å². The fourth-order valence-electron chi connectivity index (χ4n) is 5.17. The van der Waals surface area contributed by atoms with Gasteiger partial charge in [0, 0.05) is 30.7 Å². The second-order valence-electron chi connectivity index (χ2n) is 9.12. The van der Waals surface area contributed by atoms with Crippen molar-refractivity contribution in [3.8, 4) is 0 Å². The SMILES string of the molecule is Cc1cc(C)c(C2=C(OC(=O)C3CCCCC3)CC(Cc3ccccn3)C2=O)c(C)c1. The summed E-state index contributed by atoms with van der Waals surface area (Å²) in [5, 5.41) is 0. The van der Waals surface area contributed by atoms with E-state index in [4.69, 9.17) is 4.74 Å². The van der Waals surface area contributed by atoms with Gasteiger partial charge in [-0.05, 0) is 62.4 Å². The van der Waals surface area contributed by atoms with Gasteiger partial charge in [-0.25, -0.2) is 0 Å². The molecule has 2 aliphatic rings. The van der Waals surface area contributed by atoms with Crippen molar-refractivity contribution in [1.29, 1.82) is 0 Å². The van der Waals surface area contributed by atoms with Crippen LogP contribution in [-0.4, -0.2) is 16.7 Å². The van der Waals surface area contributed by atoms with Gasteiger partial charge in [-0.2, -0.15) is 0 Å². The van der Waals surface area contributed by atoms with E-state index < -0.39 is 0 Å². The molecular weight excluding hydrogens is 386 g/mol. The molecule has 0 aliphatic heterocycles. The Morgan fingerprint density at radius 3 is 2.42 bits per heavy atom. The first kappa shape index (κ1) is 21.5. The molecular formula is C27H31NO3. The number of pyridine rings is 1. The Bertz CT molecular complexity index is 993. The molecule has 1 atom stereocenters. The van der Waals surface area contributed by atoms with E-state index in [1.807, 2.05) is 32.0 Å². The number of esters is 1. The lowest BCUT2D eigenvalue weighted by atomic mass is 9.89. The summed E-state index contributed by atoms with van der Waals surface area (Å²) in [4.78, 5) is 30.9. The van der Waals surface area contributed by atoms with Gasteiger partial charge in [0.15, 0.2) is 5.78 Å². The molecule has 4 nitrogen and oxygen atoms in total. The minimum absolute atomic E-state index is 0.0485. The molecule has 31 heavy (non-hydrogen) atoms. The average Bonchev–Trinajstić information content (AvgIpc) is 3.04. The van der Waals surface area contributed by atoms with E-state index in [1.165, 1.54) is 6.42 Å². The lowest BCUT2D eigenvalue weighted by Crippen LogP contribution is -2.20. The monoisotopic (exact) mass is 417 g/mol. The summed E-state index contributed by atoms with van der Waals surface area (Å²) >= 11 is 0. The third-order valence-corrected chi connectivity index (χ3v) is 6.60. The largest absolute Gasteiger partial charge is 0.430 e. The number of rotatable bonds is 5. The van der Waals surface area contributed by atoms with Crippen LogP contribution in [0.2, 0.25) is 0 Å². The van der Waals surface area contributed by atoms with Crippen molar-refractivity contribution in [2.24, 2.45) is 11.8 Å². The molecule has 1 aromatic heterocycles. The van der Waals surface area contributed by atoms with Gasteiger partial charge in [-0.1, -0.05) is 43.0 Å². The lowest BCUT2D eigenvalue weighted by molar-refractivity contribution is -0.145. The topological polar surface area (TPSA) is 56.3 Å². The highest BCUT2D eigenvalue weighted by molar-refractivity contribution is 6.25. The maximum atomic E-state index is 13.6. The second kappa shape index (κ2) is 9.17.